The Balaban J connectivity index is 0.00000180. The molecule has 0 aliphatic carbocycles. The van der Waals surface area contributed by atoms with Gasteiger partial charge in [-0.3, -0.25) is 0 Å². The van der Waals surface area contributed by atoms with E-state index in [1.165, 1.54) is 24.0 Å². The molecule has 2 rings (SSSR count). The van der Waals surface area contributed by atoms with Gasteiger partial charge in [0.15, 0.2) is 0 Å². The second-order valence-corrected chi connectivity index (χ2v) is 5.19. The van der Waals surface area contributed by atoms with Gasteiger partial charge in [-0.05, 0) is 57.4 Å². The highest BCUT2D eigenvalue weighted by molar-refractivity contribution is 5.85. The van der Waals surface area contributed by atoms with E-state index < -0.39 is 0 Å². The zero-order valence-corrected chi connectivity index (χ0v) is 12.8. The van der Waals surface area contributed by atoms with Gasteiger partial charge in [-0.1, -0.05) is 23.3 Å². The minimum Gasteiger partial charge on any atom is -0.497 e. The van der Waals surface area contributed by atoms with Crippen molar-refractivity contribution in [2.75, 3.05) is 13.7 Å². The maximum atomic E-state index is 5.19. The summed E-state index contributed by atoms with van der Waals surface area (Å²) < 4.78 is 5.19. The summed E-state index contributed by atoms with van der Waals surface area (Å²) in [5, 5.41) is 3.64. The van der Waals surface area contributed by atoms with E-state index in [-0.39, 0.29) is 12.4 Å². The normalized spacial score (nSPS) is 18.7. The number of methoxy groups -OCH3 is 1. The molecule has 1 aromatic carbocycles. The first-order valence-electron chi connectivity index (χ1n) is 6.73. The van der Waals surface area contributed by atoms with Crippen LogP contribution in [0.5, 0.6) is 5.75 Å². The molecule has 0 aromatic heterocycles. The Morgan fingerprint density at radius 1 is 1.26 bits per heavy atom. The molecule has 1 fully saturated rings. The lowest BCUT2D eigenvalue weighted by atomic mass is 9.89. The zero-order valence-electron chi connectivity index (χ0n) is 12.0. The summed E-state index contributed by atoms with van der Waals surface area (Å²) in [5.41, 5.74) is 4.44. The standard InChI is InChI=1S/C16H23NO.ClH/c1-12(2)15-5-4-10-17-16(15)11-13-6-8-14(18-3)9-7-13;/h6-9,16-17H,4-5,10-11H2,1-3H3;1H. The lowest BCUT2D eigenvalue weighted by Gasteiger charge is -2.28. The van der Waals surface area contributed by atoms with Gasteiger partial charge in [0.1, 0.15) is 5.75 Å². The minimum atomic E-state index is 0. The fourth-order valence-electron chi connectivity index (χ4n) is 2.64. The topological polar surface area (TPSA) is 21.3 Å². The highest BCUT2D eigenvalue weighted by atomic mass is 35.5. The highest BCUT2D eigenvalue weighted by Crippen LogP contribution is 2.23. The lowest BCUT2D eigenvalue weighted by molar-refractivity contribution is 0.414. The molecule has 0 radical (unpaired) electrons. The van der Waals surface area contributed by atoms with Crippen molar-refractivity contribution < 1.29 is 4.74 Å². The predicted molar refractivity (Wildman–Crippen MR) is 83.3 cm³/mol. The van der Waals surface area contributed by atoms with Gasteiger partial charge in [-0.2, -0.15) is 0 Å². The lowest BCUT2D eigenvalue weighted by Crippen LogP contribution is -2.38. The Labute approximate surface area is 122 Å². The van der Waals surface area contributed by atoms with Crippen molar-refractivity contribution in [3.8, 4) is 5.75 Å². The molecule has 1 unspecified atom stereocenters. The van der Waals surface area contributed by atoms with E-state index >= 15 is 0 Å². The molecule has 106 valence electrons. The number of allylic oxidation sites excluding steroid dienone is 1. The number of piperidine rings is 1. The Morgan fingerprint density at radius 2 is 1.95 bits per heavy atom. The van der Waals surface area contributed by atoms with Crippen molar-refractivity contribution in [1.29, 1.82) is 0 Å². The molecule has 1 aliphatic rings. The van der Waals surface area contributed by atoms with Crippen molar-refractivity contribution in [1.82, 2.24) is 5.32 Å². The molecule has 1 saturated heterocycles. The molecule has 0 spiro atoms. The number of rotatable bonds is 3. The fourth-order valence-corrected chi connectivity index (χ4v) is 2.64. The van der Waals surface area contributed by atoms with Crippen LogP contribution in [0, 0.1) is 0 Å². The number of hydrogen-bond donors (Lipinski definition) is 1. The van der Waals surface area contributed by atoms with E-state index in [1.807, 2.05) is 12.1 Å². The fraction of sp³-hybridized carbons (Fsp3) is 0.500. The van der Waals surface area contributed by atoms with Gasteiger partial charge in [-0.25, -0.2) is 0 Å². The van der Waals surface area contributed by atoms with Crippen molar-refractivity contribution in [3.63, 3.8) is 0 Å². The zero-order chi connectivity index (χ0) is 13.0. The van der Waals surface area contributed by atoms with Crippen LogP contribution in [0.1, 0.15) is 32.3 Å². The molecule has 2 nitrogen and oxygen atoms in total. The number of hydrogen-bond acceptors (Lipinski definition) is 2. The van der Waals surface area contributed by atoms with E-state index in [0.717, 1.165) is 18.7 Å². The Hall–Kier alpha value is -0.990. The molecule has 0 bridgehead atoms. The number of halogens is 1. The van der Waals surface area contributed by atoms with Crippen LogP contribution in [-0.2, 0) is 6.42 Å². The number of benzene rings is 1. The molecule has 1 aliphatic heterocycles. The van der Waals surface area contributed by atoms with Crippen LogP contribution in [0.4, 0.5) is 0 Å². The van der Waals surface area contributed by atoms with E-state index in [1.54, 1.807) is 12.7 Å². The van der Waals surface area contributed by atoms with Gasteiger partial charge in [-0.15, -0.1) is 12.4 Å². The molecule has 0 amide bonds. The summed E-state index contributed by atoms with van der Waals surface area (Å²) in [5.74, 6) is 0.929. The summed E-state index contributed by atoms with van der Waals surface area (Å²) in [6, 6.07) is 8.92. The SMILES string of the molecule is COc1ccc(CC2NCCCC2=C(C)C)cc1.Cl. The van der Waals surface area contributed by atoms with Gasteiger partial charge >= 0.3 is 0 Å². The van der Waals surface area contributed by atoms with E-state index in [2.05, 4.69) is 31.3 Å². The molecule has 1 heterocycles. The maximum Gasteiger partial charge on any atom is 0.118 e. The summed E-state index contributed by atoms with van der Waals surface area (Å²) in [6.45, 7) is 5.59. The van der Waals surface area contributed by atoms with Crippen LogP contribution in [0.2, 0.25) is 0 Å². The van der Waals surface area contributed by atoms with Gasteiger partial charge in [0.2, 0.25) is 0 Å². The molecular formula is C16H24ClNO. The second-order valence-electron chi connectivity index (χ2n) is 5.19. The minimum absolute atomic E-state index is 0. The van der Waals surface area contributed by atoms with E-state index in [9.17, 15) is 0 Å². The summed E-state index contributed by atoms with van der Waals surface area (Å²) in [7, 11) is 1.71. The Bertz CT molecular complexity index is 421. The van der Waals surface area contributed by atoms with E-state index in [0.29, 0.717) is 6.04 Å². The number of ether oxygens (including phenoxy) is 1. The van der Waals surface area contributed by atoms with Gasteiger partial charge in [0.05, 0.1) is 7.11 Å². The molecule has 1 atom stereocenters. The smallest absolute Gasteiger partial charge is 0.118 e. The van der Waals surface area contributed by atoms with Gasteiger partial charge in [0, 0.05) is 6.04 Å². The first-order valence-corrected chi connectivity index (χ1v) is 6.73. The van der Waals surface area contributed by atoms with Crippen molar-refractivity contribution in [2.45, 2.75) is 39.2 Å². The first kappa shape index (κ1) is 16.1. The predicted octanol–water partition coefficient (Wildman–Crippen LogP) is 3.75. The highest BCUT2D eigenvalue weighted by Gasteiger charge is 2.19. The molecule has 1 aromatic rings. The van der Waals surface area contributed by atoms with Crippen molar-refractivity contribution in [3.05, 3.63) is 41.0 Å². The van der Waals surface area contributed by atoms with E-state index in [4.69, 9.17) is 4.74 Å². The van der Waals surface area contributed by atoms with Crippen LogP contribution in [-0.4, -0.2) is 19.7 Å². The Kier molecular flexibility index (Phi) is 6.40. The molecule has 0 saturated carbocycles. The second kappa shape index (κ2) is 7.56. The van der Waals surface area contributed by atoms with Crippen molar-refractivity contribution >= 4 is 12.4 Å². The van der Waals surface area contributed by atoms with Crippen LogP contribution < -0.4 is 10.1 Å². The average Bonchev–Trinajstić information content (AvgIpc) is 2.40. The summed E-state index contributed by atoms with van der Waals surface area (Å²) >= 11 is 0. The van der Waals surface area contributed by atoms with Crippen LogP contribution in [0.15, 0.2) is 35.4 Å². The largest absolute Gasteiger partial charge is 0.497 e. The molecule has 19 heavy (non-hydrogen) atoms. The van der Waals surface area contributed by atoms with Crippen LogP contribution in [0.3, 0.4) is 0 Å². The maximum absolute atomic E-state index is 5.19. The molecular weight excluding hydrogens is 258 g/mol. The first-order chi connectivity index (χ1) is 8.70. The van der Waals surface area contributed by atoms with Crippen LogP contribution in [0.25, 0.3) is 0 Å². The third-order valence-corrected chi connectivity index (χ3v) is 3.68. The van der Waals surface area contributed by atoms with Crippen molar-refractivity contribution in [2.24, 2.45) is 0 Å². The monoisotopic (exact) mass is 281 g/mol. The molecule has 3 heteroatoms. The van der Waals surface area contributed by atoms with Gasteiger partial charge < -0.3 is 10.1 Å². The third-order valence-electron chi connectivity index (χ3n) is 3.68. The summed E-state index contributed by atoms with van der Waals surface area (Å²) in [6.07, 6.45) is 3.58. The summed E-state index contributed by atoms with van der Waals surface area (Å²) in [4.78, 5) is 0. The van der Waals surface area contributed by atoms with Gasteiger partial charge in [0.25, 0.3) is 0 Å². The Morgan fingerprint density at radius 3 is 2.53 bits per heavy atom. The number of nitrogens with one attached hydrogen (secondary N) is 1. The quantitative estimate of drug-likeness (QED) is 0.852. The molecule has 1 N–H and O–H groups in total. The average molecular weight is 282 g/mol. The third kappa shape index (κ3) is 4.26. The van der Waals surface area contributed by atoms with Crippen LogP contribution >= 0.6 is 12.4 Å².